The molecule has 2 atom stereocenters. The van der Waals surface area contributed by atoms with Crippen molar-refractivity contribution in [2.75, 3.05) is 12.8 Å². The van der Waals surface area contributed by atoms with Gasteiger partial charge in [-0.3, -0.25) is 9.78 Å². The molecule has 0 unspecified atom stereocenters. The van der Waals surface area contributed by atoms with Gasteiger partial charge in [-0.15, -0.1) is 0 Å². The molecule has 1 aromatic heterocycles. The highest BCUT2D eigenvalue weighted by Crippen LogP contribution is 2.38. The maximum Gasteiger partial charge on any atom is 0.339 e. The Bertz CT molecular complexity index is 1320. The summed E-state index contributed by atoms with van der Waals surface area (Å²) < 4.78 is 12.2. The zero-order valence-corrected chi connectivity index (χ0v) is 21.8. The summed E-state index contributed by atoms with van der Waals surface area (Å²) in [5, 5.41) is 13.2. The lowest BCUT2D eigenvalue weighted by Gasteiger charge is -2.33. The Morgan fingerprint density at radius 1 is 1.16 bits per heavy atom. The van der Waals surface area contributed by atoms with E-state index in [1.165, 1.54) is 0 Å². The normalized spacial score (nSPS) is 17.5. The standard InChI is InChI=1S/C29H35N3O5/c1-16(2)31-28(33)19-12-13-22(36-4)20(15-19)14-18-8-5-6-10-23(18)37-24-11-7-9-21-26(24)27(30)25(29(34)35)17(3)32-21/h7,9,11-13,15-16,18,23H,5-6,8,10,14H2,1-4H3,(H2,30,32)(H,31,33)(H,34,35)/t18-,23+/m0/s1. The van der Waals surface area contributed by atoms with E-state index in [4.69, 9.17) is 15.2 Å². The molecule has 3 aromatic rings. The number of hydrogen-bond acceptors (Lipinski definition) is 6. The molecule has 0 saturated heterocycles. The second-order valence-electron chi connectivity index (χ2n) is 10.0. The van der Waals surface area contributed by atoms with E-state index in [-0.39, 0.29) is 35.2 Å². The number of carbonyl (C=O) groups excluding carboxylic acids is 1. The van der Waals surface area contributed by atoms with Crippen molar-refractivity contribution in [3.05, 3.63) is 58.8 Å². The number of nitrogens with zero attached hydrogens (tertiary/aromatic N) is 1. The Morgan fingerprint density at radius 3 is 2.62 bits per heavy atom. The molecule has 0 aliphatic heterocycles. The van der Waals surface area contributed by atoms with E-state index in [1.807, 2.05) is 44.2 Å². The molecule has 1 aliphatic carbocycles. The van der Waals surface area contributed by atoms with Crippen molar-refractivity contribution in [2.45, 2.75) is 65.0 Å². The summed E-state index contributed by atoms with van der Waals surface area (Å²) in [6.07, 6.45) is 4.53. The van der Waals surface area contributed by atoms with E-state index in [2.05, 4.69) is 10.3 Å². The van der Waals surface area contributed by atoms with E-state index in [0.29, 0.717) is 34.3 Å². The number of methoxy groups -OCH3 is 1. The van der Waals surface area contributed by atoms with Gasteiger partial charge in [0, 0.05) is 11.6 Å². The Labute approximate surface area is 217 Å². The summed E-state index contributed by atoms with van der Waals surface area (Å²) in [5.74, 6) is 0.242. The Kier molecular flexibility index (Phi) is 7.86. The molecule has 1 saturated carbocycles. The number of benzene rings is 2. The molecule has 1 fully saturated rings. The first-order chi connectivity index (χ1) is 17.7. The molecule has 4 rings (SSSR count). The number of carbonyl (C=O) groups is 2. The second-order valence-corrected chi connectivity index (χ2v) is 10.0. The van der Waals surface area contributed by atoms with Crippen molar-refractivity contribution in [1.29, 1.82) is 0 Å². The summed E-state index contributed by atoms with van der Waals surface area (Å²) in [7, 11) is 1.63. The quantitative estimate of drug-likeness (QED) is 0.387. The average Bonchev–Trinajstić information content (AvgIpc) is 2.84. The molecule has 1 amide bonds. The van der Waals surface area contributed by atoms with Crippen molar-refractivity contribution in [1.82, 2.24) is 10.3 Å². The fraction of sp³-hybridized carbons (Fsp3) is 0.414. The molecule has 2 aromatic carbocycles. The third kappa shape index (κ3) is 5.63. The van der Waals surface area contributed by atoms with Gasteiger partial charge in [-0.1, -0.05) is 12.5 Å². The van der Waals surface area contributed by atoms with Crippen molar-refractivity contribution in [2.24, 2.45) is 5.92 Å². The van der Waals surface area contributed by atoms with E-state index >= 15 is 0 Å². The number of pyridine rings is 1. The molecule has 0 radical (unpaired) electrons. The van der Waals surface area contributed by atoms with Crippen LogP contribution in [0.1, 0.15) is 71.5 Å². The highest BCUT2D eigenvalue weighted by atomic mass is 16.5. The number of ether oxygens (including phenoxy) is 2. The van der Waals surface area contributed by atoms with Crippen LogP contribution in [-0.2, 0) is 6.42 Å². The van der Waals surface area contributed by atoms with Gasteiger partial charge in [-0.25, -0.2) is 4.79 Å². The minimum atomic E-state index is -1.11. The minimum Gasteiger partial charge on any atom is -0.496 e. The number of amides is 1. The number of nitrogens with one attached hydrogen (secondary N) is 1. The second kappa shape index (κ2) is 11.1. The molecular formula is C29H35N3O5. The average molecular weight is 506 g/mol. The molecule has 196 valence electrons. The summed E-state index contributed by atoms with van der Waals surface area (Å²) in [4.78, 5) is 28.9. The minimum absolute atomic E-state index is 0.00460. The van der Waals surface area contributed by atoms with Crippen LogP contribution in [0.2, 0.25) is 0 Å². The number of fused-ring (bicyclic) bond motifs is 1. The first kappa shape index (κ1) is 26.3. The number of carboxylic acid groups (broad SMARTS) is 1. The number of carboxylic acids is 1. The zero-order chi connectivity index (χ0) is 26.7. The lowest BCUT2D eigenvalue weighted by atomic mass is 9.82. The van der Waals surface area contributed by atoms with Gasteiger partial charge >= 0.3 is 5.97 Å². The fourth-order valence-corrected chi connectivity index (χ4v) is 5.24. The number of anilines is 1. The van der Waals surface area contributed by atoms with Crippen LogP contribution in [0.3, 0.4) is 0 Å². The van der Waals surface area contributed by atoms with Gasteiger partial charge in [-0.2, -0.15) is 0 Å². The van der Waals surface area contributed by atoms with Crippen molar-refractivity contribution in [3.63, 3.8) is 0 Å². The lowest BCUT2D eigenvalue weighted by molar-refractivity contribution is 0.0696. The maximum atomic E-state index is 12.6. The number of aryl methyl sites for hydroxylation is 1. The summed E-state index contributed by atoms with van der Waals surface area (Å²) in [6, 6.07) is 11.1. The van der Waals surface area contributed by atoms with Gasteiger partial charge < -0.3 is 25.6 Å². The van der Waals surface area contributed by atoms with E-state index in [0.717, 1.165) is 37.0 Å². The third-order valence-corrected chi connectivity index (χ3v) is 6.97. The zero-order valence-electron chi connectivity index (χ0n) is 21.8. The molecule has 37 heavy (non-hydrogen) atoms. The predicted molar refractivity (Wildman–Crippen MR) is 144 cm³/mol. The van der Waals surface area contributed by atoms with Crippen molar-refractivity contribution in [3.8, 4) is 11.5 Å². The SMILES string of the molecule is COc1ccc(C(=O)NC(C)C)cc1C[C@@H]1CCCC[C@H]1Oc1cccc2nc(C)c(C(=O)O)c(N)c12. The van der Waals surface area contributed by atoms with Crippen LogP contribution in [0.25, 0.3) is 10.9 Å². The first-order valence-corrected chi connectivity index (χ1v) is 12.8. The van der Waals surface area contributed by atoms with Gasteiger partial charge in [0.15, 0.2) is 0 Å². The van der Waals surface area contributed by atoms with Gasteiger partial charge in [0.25, 0.3) is 5.91 Å². The fourth-order valence-electron chi connectivity index (χ4n) is 5.24. The number of rotatable bonds is 8. The van der Waals surface area contributed by atoms with Crippen LogP contribution in [-0.4, -0.2) is 41.2 Å². The molecule has 0 bridgehead atoms. The van der Waals surface area contributed by atoms with Gasteiger partial charge in [0.05, 0.1) is 29.4 Å². The van der Waals surface area contributed by atoms with E-state index in [9.17, 15) is 14.7 Å². The number of nitrogens with two attached hydrogens (primary N) is 1. The van der Waals surface area contributed by atoms with E-state index < -0.39 is 5.97 Å². The Hall–Kier alpha value is -3.81. The predicted octanol–water partition coefficient (Wildman–Crippen LogP) is 5.15. The molecule has 8 heteroatoms. The molecule has 0 spiro atoms. The van der Waals surface area contributed by atoms with Crippen LogP contribution in [0.15, 0.2) is 36.4 Å². The number of aromatic carboxylic acids is 1. The third-order valence-electron chi connectivity index (χ3n) is 6.97. The van der Waals surface area contributed by atoms with E-state index in [1.54, 1.807) is 20.1 Å². The maximum absolute atomic E-state index is 12.6. The van der Waals surface area contributed by atoms with Gasteiger partial charge in [-0.05, 0) is 88.3 Å². The molecule has 4 N–H and O–H groups in total. The first-order valence-electron chi connectivity index (χ1n) is 12.8. The largest absolute Gasteiger partial charge is 0.496 e. The molecular weight excluding hydrogens is 470 g/mol. The van der Waals surface area contributed by atoms with Gasteiger partial charge in [0.2, 0.25) is 0 Å². The summed E-state index contributed by atoms with van der Waals surface area (Å²) >= 11 is 0. The van der Waals surface area contributed by atoms with Crippen molar-refractivity contribution < 1.29 is 24.2 Å². The summed E-state index contributed by atoms with van der Waals surface area (Å²) in [6.45, 7) is 5.51. The smallest absolute Gasteiger partial charge is 0.339 e. The number of aromatic nitrogens is 1. The molecule has 1 aliphatic rings. The lowest BCUT2D eigenvalue weighted by Crippen LogP contribution is -2.32. The Morgan fingerprint density at radius 2 is 1.92 bits per heavy atom. The highest BCUT2D eigenvalue weighted by Gasteiger charge is 2.29. The van der Waals surface area contributed by atoms with Crippen LogP contribution in [0.5, 0.6) is 11.5 Å². The van der Waals surface area contributed by atoms with Crippen LogP contribution in [0.4, 0.5) is 5.69 Å². The van der Waals surface area contributed by atoms with Gasteiger partial charge in [0.1, 0.15) is 23.2 Å². The topological polar surface area (TPSA) is 124 Å². The van der Waals surface area contributed by atoms with Crippen LogP contribution >= 0.6 is 0 Å². The highest BCUT2D eigenvalue weighted by molar-refractivity contribution is 6.06. The molecule has 8 nitrogen and oxygen atoms in total. The van der Waals surface area contributed by atoms with Crippen molar-refractivity contribution >= 4 is 28.5 Å². The number of hydrogen-bond donors (Lipinski definition) is 3. The van der Waals surface area contributed by atoms with Crippen LogP contribution < -0.4 is 20.5 Å². The number of nitrogen functional groups attached to an aromatic ring is 1. The Balaban J connectivity index is 1.65. The summed E-state index contributed by atoms with van der Waals surface area (Å²) in [5.41, 5.74) is 9.06. The van der Waals surface area contributed by atoms with Crippen LogP contribution in [0, 0.1) is 12.8 Å². The monoisotopic (exact) mass is 505 g/mol. The molecule has 1 heterocycles.